The normalized spacial score (nSPS) is 19.6. The maximum absolute atomic E-state index is 11.4. The molecule has 0 saturated heterocycles. The molecule has 7 heteroatoms. The van der Waals surface area contributed by atoms with Crippen molar-refractivity contribution in [1.82, 2.24) is 9.03 Å². The molecule has 0 aromatic carbocycles. The second kappa shape index (κ2) is 3.84. The lowest BCUT2D eigenvalue weighted by Gasteiger charge is -2.19. The van der Waals surface area contributed by atoms with Crippen LogP contribution in [0.2, 0.25) is 0 Å². The standard InChI is InChI=1S/C7H16N4O2S/c1-11(2)14(12,13)10-6(7(8)9)5-3-4-5/h5-6,10H,3-4H2,1-2H3,(H3,8,9). The first-order valence-corrected chi connectivity index (χ1v) is 5.82. The Morgan fingerprint density at radius 2 is 2.07 bits per heavy atom. The summed E-state index contributed by atoms with van der Waals surface area (Å²) in [4.78, 5) is 0. The molecule has 0 bridgehead atoms. The predicted molar refractivity (Wildman–Crippen MR) is 54.2 cm³/mol. The number of nitrogens with zero attached hydrogens (tertiary/aromatic N) is 1. The zero-order valence-corrected chi connectivity index (χ0v) is 9.13. The van der Waals surface area contributed by atoms with E-state index in [1.807, 2.05) is 0 Å². The summed E-state index contributed by atoms with van der Waals surface area (Å²) in [6.45, 7) is 0. The van der Waals surface area contributed by atoms with Crippen LogP contribution in [0.1, 0.15) is 12.8 Å². The maximum atomic E-state index is 11.4. The Kier molecular flexibility index (Phi) is 3.13. The summed E-state index contributed by atoms with van der Waals surface area (Å²) >= 11 is 0. The highest BCUT2D eigenvalue weighted by Crippen LogP contribution is 2.32. The van der Waals surface area contributed by atoms with E-state index < -0.39 is 16.3 Å². The number of nitrogens with two attached hydrogens (primary N) is 1. The smallest absolute Gasteiger partial charge is 0.279 e. The van der Waals surface area contributed by atoms with Crippen molar-refractivity contribution in [2.75, 3.05) is 14.1 Å². The number of hydrogen-bond donors (Lipinski definition) is 3. The molecule has 14 heavy (non-hydrogen) atoms. The van der Waals surface area contributed by atoms with Gasteiger partial charge in [-0.15, -0.1) is 0 Å². The highest BCUT2D eigenvalue weighted by atomic mass is 32.2. The first kappa shape index (κ1) is 11.4. The largest absolute Gasteiger partial charge is 0.386 e. The molecule has 82 valence electrons. The fourth-order valence-corrected chi connectivity index (χ4v) is 1.96. The zero-order chi connectivity index (χ0) is 10.9. The minimum atomic E-state index is -3.48. The van der Waals surface area contributed by atoms with E-state index in [9.17, 15) is 8.42 Å². The molecule has 1 rings (SSSR count). The van der Waals surface area contributed by atoms with Crippen LogP contribution < -0.4 is 10.5 Å². The van der Waals surface area contributed by atoms with Gasteiger partial charge in [-0.25, -0.2) is 0 Å². The molecule has 1 saturated carbocycles. The van der Waals surface area contributed by atoms with E-state index >= 15 is 0 Å². The van der Waals surface area contributed by atoms with Crippen molar-refractivity contribution in [2.45, 2.75) is 18.9 Å². The van der Waals surface area contributed by atoms with Gasteiger partial charge in [0.15, 0.2) is 0 Å². The van der Waals surface area contributed by atoms with Crippen molar-refractivity contribution in [3.8, 4) is 0 Å². The van der Waals surface area contributed by atoms with Crippen molar-refractivity contribution in [3.63, 3.8) is 0 Å². The third kappa shape index (κ3) is 2.66. The van der Waals surface area contributed by atoms with Crippen LogP contribution in [0.4, 0.5) is 0 Å². The van der Waals surface area contributed by atoms with Crippen LogP contribution in [-0.4, -0.2) is 38.7 Å². The van der Waals surface area contributed by atoms with E-state index in [4.69, 9.17) is 11.1 Å². The molecule has 1 aliphatic rings. The summed E-state index contributed by atoms with van der Waals surface area (Å²) in [6.07, 6.45) is 1.86. The number of amidine groups is 1. The Bertz CT molecular complexity index is 321. The second-order valence-electron chi connectivity index (χ2n) is 3.68. The van der Waals surface area contributed by atoms with Gasteiger partial charge in [0.2, 0.25) is 0 Å². The third-order valence-corrected chi connectivity index (χ3v) is 3.70. The summed E-state index contributed by atoms with van der Waals surface area (Å²) in [6, 6.07) is -0.539. The average molecular weight is 220 g/mol. The summed E-state index contributed by atoms with van der Waals surface area (Å²) < 4.78 is 26.4. The molecule has 1 aliphatic carbocycles. The Labute approximate surface area is 84.2 Å². The monoisotopic (exact) mass is 220 g/mol. The Balaban J connectivity index is 2.69. The summed E-state index contributed by atoms with van der Waals surface area (Å²) in [5.41, 5.74) is 5.32. The van der Waals surface area contributed by atoms with Gasteiger partial charge in [-0.1, -0.05) is 0 Å². The van der Waals surface area contributed by atoms with Gasteiger partial charge in [0, 0.05) is 14.1 Å². The minimum Gasteiger partial charge on any atom is -0.386 e. The van der Waals surface area contributed by atoms with Crippen molar-refractivity contribution in [2.24, 2.45) is 11.7 Å². The fraction of sp³-hybridized carbons (Fsp3) is 0.857. The van der Waals surface area contributed by atoms with E-state index in [1.165, 1.54) is 14.1 Å². The van der Waals surface area contributed by atoms with E-state index in [-0.39, 0.29) is 11.8 Å². The van der Waals surface area contributed by atoms with Gasteiger partial charge in [-0.2, -0.15) is 17.4 Å². The lowest BCUT2D eigenvalue weighted by atomic mass is 10.2. The molecule has 0 radical (unpaired) electrons. The highest BCUT2D eigenvalue weighted by molar-refractivity contribution is 7.87. The second-order valence-corrected chi connectivity index (χ2v) is 5.59. The van der Waals surface area contributed by atoms with Crippen LogP contribution in [-0.2, 0) is 10.2 Å². The molecule has 4 N–H and O–H groups in total. The van der Waals surface area contributed by atoms with E-state index in [2.05, 4.69) is 4.72 Å². The quantitative estimate of drug-likeness (QED) is 0.413. The molecule has 1 fully saturated rings. The van der Waals surface area contributed by atoms with Gasteiger partial charge in [0.25, 0.3) is 10.2 Å². The van der Waals surface area contributed by atoms with Gasteiger partial charge in [0.1, 0.15) is 5.84 Å². The van der Waals surface area contributed by atoms with Gasteiger partial charge in [0.05, 0.1) is 6.04 Å². The average Bonchev–Trinajstić information content (AvgIpc) is 2.81. The van der Waals surface area contributed by atoms with Gasteiger partial charge in [-0.05, 0) is 18.8 Å². The van der Waals surface area contributed by atoms with Crippen molar-refractivity contribution < 1.29 is 8.42 Å². The third-order valence-electron chi connectivity index (χ3n) is 2.19. The van der Waals surface area contributed by atoms with E-state index in [1.54, 1.807) is 0 Å². The summed E-state index contributed by atoms with van der Waals surface area (Å²) in [5, 5.41) is 7.28. The molecule has 0 heterocycles. The molecule has 6 nitrogen and oxygen atoms in total. The Morgan fingerprint density at radius 1 is 1.57 bits per heavy atom. The summed E-state index contributed by atoms with van der Waals surface area (Å²) in [7, 11) is -0.611. The molecular formula is C7H16N4O2S. The number of nitrogens with one attached hydrogen (secondary N) is 2. The molecule has 0 aliphatic heterocycles. The van der Waals surface area contributed by atoms with Crippen LogP contribution in [0, 0.1) is 11.3 Å². The lowest BCUT2D eigenvalue weighted by molar-refractivity contribution is 0.493. The van der Waals surface area contributed by atoms with E-state index in [0.29, 0.717) is 0 Å². The van der Waals surface area contributed by atoms with Crippen LogP contribution in [0.3, 0.4) is 0 Å². The predicted octanol–water partition coefficient (Wildman–Crippen LogP) is -0.903. The van der Waals surface area contributed by atoms with Crippen LogP contribution >= 0.6 is 0 Å². The maximum Gasteiger partial charge on any atom is 0.279 e. The Hall–Kier alpha value is -0.660. The van der Waals surface area contributed by atoms with Crippen LogP contribution in [0.5, 0.6) is 0 Å². The molecule has 0 spiro atoms. The molecule has 1 atom stereocenters. The van der Waals surface area contributed by atoms with Crippen molar-refractivity contribution >= 4 is 16.0 Å². The minimum absolute atomic E-state index is 0.113. The molecule has 0 aromatic heterocycles. The SMILES string of the molecule is CN(C)S(=O)(=O)NC(C(=N)N)C1CC1. The van der Waals surface area contributed by atoms with Crippen LogP contribution in [0.15, 0.2) is 0 Å². The number of hydrogen-bond acceptors (Lipinski definition) is 3. The topological polar surface area (TPSA) is 99.3 Å². The molecular weight excluding hydrogens is 204 g/mol. The molecule has 0 aromatic rings. The van der Waals surface area contributed by atoms with Gasteiger partial charge in [-0.3, -0.25) is 5.41 Å². The van der Waals surface area contributed by atoms with Gasteiger partial charge < -0.3 is 5.73 Å². The fourth-order valence-electron chi connectivity index (χ4n) is 1.11. The number of rotatable bonds is 5. The van der Waals surface area contributed by atoms with Crippen molar-refractivity contribution in [3.05, 3.63) is 0 Å². The van der Waals surface area contributed by atoms with Gasteiger partial charge >= 0.3 is 0 Å². The highest BCUT2D eigenvalue weighted by Gasteiger charge is 2.36. The first-order chi connectivity index (χ1) is 6.34. The molecule has 1 unspecified atom stereocenters. The lowest BCUT2D eigenvalue weighted by Crippen LogP contribution is -2.49. The van der Waals surface area contributed by atoms with E-state index in [0.717, 1.165) is 17.1 Å². The molecule has 0 amide bonds. The zero-order valence-electron chi connectivity index (χ0n) is 8.32. The Morgan fingerprint density at radius 3 is 2.36 bits per heavy atom. The van der Waals surface area contributed by atoms with Crippen molar-refractivity contribution in [1.29, 1.82) is 5.41 Å². The first-order valence-electron chi connectivity index (χ1n) is 4.38. The summed E-state index contributed by atoms with van der Waals surface area (Å²) in [5.74, 6) is 0.0835. The van der Waals surface area contributed by atoms with Crippen LogP contribution in [0.25, 0.3) is 0 Å².